The second-order valence-electron chi connectivity index (χ2n) is 6.41. The van der Waals surface area contributed by atoms with Crippen LogP contribution in [-0.2, 0) is 10.0 Å². The molecule has 0 saturated heterocycles. The highest BCUT2D eigenvalue weighted by atomic mass is 32.2. The molecule has 0 unspecified atom stereocenters. The molecule has 2 amide bonds. The summed E-state index contributed by atoms with van der Waals surface area (Å²) in [6.07, 6.45) is -4.57. The average molecular weight is 457 g/mol. The van der Waals surface area contributed by atoms with Gasteiger partial charge in [-0.15, -0.1) is 0 Å². The van der Waals surface area contributed by atoms with Gasteiger partial charge in [0, 0.05) is 18.7 Å². The van der Waals surface area contributed by atoms with Crippen LogP contribution in [0.4, 0.5) is 18.9 Å². The van der Waals surface area contributed by atoms with Gasteiger partial charge < -0.3 is 10.6 Å². The number of alkyl halides is 3. The first-order chi connectivity index (χ1) is 14.5. The van der Waals surface area contributed by atoms with Crippen molar-refractivity contribution in [2.75, 3.05) is 25.0 Å². The minimum Gasteiger partial charge on any atom is -0.343 e. The number of nitrogens with one attached hydrogen (secondary N) is 2. The molecule has 0 aliphatic heterocycles. The summed E-state index contributed by atoms with van der Waals surface area (Å²) in [7, 11) is -3.68. The lowest BCUT2D eigenvalue weighted by atomic mass is 10.1. The van der Waals surface area contributed by atoms with Gasteiger partial charge in [0.2, 0.25) is 10.0 Å². The number of hydrogen-bond acceptors (Lipinski definition) is 4. The monoisotopic (exact) mass is 457 g/mol. The Morgan fingerprint density at radius 2 is 1.52 bits per heavy atom. The highest BCUT2D eigenvalue weighted by Gasteiger charge is 2.28. The highest BCUT2D eigenvalue weighted by Crippen LogP contribution is 2.20. The largest absolute Gasteiger partial charge is 0.405 e. The summed E-state index contributed by atoms with van der Waals surface area (Å²) in [5.74, 6) is -1.64. The predicted octanol–water partition coefficient (Wildman–Crippen LogP) is 3.26. The maximum Gasteiger partial charge on any atom is 0.405 e. The number of anilines is 1. The molecule has 7 nitrogen and oxygen atoms in total. The van der Waals surface area contributed by atoms with E-state index < -0.39 is 34.6 Å². The van der Waals surface area contributed by atoms with Crippen molar-refractivity contribution in [2.45, 2.75) is 24.9 Å². The third-order valence-electron chi connectivity index (χ3n) is 4.33. The van der Waals surface area contributed by atoms with Crippen LogP contribution in [0.1, 0.15) is 34.6 Å². The maximum absolute atomic E-state index is 12.5. The van der Waals surface area contributed by atoms with Crippen molar-refractivity contribution in [3.63, 3.8) is 0 Å². The molecule has 0 aliphatic rings. The molecule has 0 aliphatic carbocycles. The number of hydrogen-bond donors (Lipinski definition) is 2. The molecule has 2 aromatic carbocycles. The zero-order valence-corrected chi connectivity index (χ0v) is 17.7. The van der Waals surface area contributed by atoms with Crippen LogP contribution in [0.2, 0.25) is 0 Å². The van der Waals surface area contributed by atoms with Crippen molar-refractivity contribution in [1.29, 1.82) is 0 Å². The first kappa shape index (κ1) is 24.4. The van der Waals surface area contributed by atoms with E-state index in [1.807, 2.05) is 0 Å². The molecule has 0 saturated carbocycles. The van der Waals surface area contributed by atoms with E-state index in [1.165, 1.54) is 52.8 Å². The molecular formula is C20H22F3N3O4S. The van der Waals surface area contributed by atoms with Crippen LogP contribution in [0.25, 0.3) is 0 Å². The minimum atomic E-state index is -4.57. The Morgan fingerprint density at radius 1 is 0.935 bits per heavy atom. The van der Waals surface area contributed by atoms with E-state index in [9.17, 15) is 31.2 Å². The third-order valence-corrected chi connectivity index (χ3v) is 6.39. The number of halogens is 3. The second-order valence-corrected chi connectivity index (χ2v) is 8.35. The SMILES string of the molecule is CCN(CC)S(=O)(=O)c1ccc(C(=O)Nc2ccccc2C(=O)NCC(F)(F)F)cc1. The molecule has 0 bridgehead atoms. The van der Waals surface area contributed by atoms with E-state index in [0.29, 0.717) is 13.1 Å². The lowest BCUT2D eigenvalue weighted by Crippen LogP contribution is -2.34. The summed E-state index contributed by atoms with van der Waals surface area (Å²) < 4.78 is 63.3. The van der Waals surface area contributed by atoms with Gasteiger partial charge >= 0.3 is 6.18 Å². The van der Waals surface area contributed by atoms with E-state index in [2.05, 4.69) is 5.32 Å². The summed E-state index contributed by atoms with van der Waals surface area (Å²) in [5, 5.41) is 4.22. The van der Waals surface area contributed by atoms with Crippen LogP contribution in [0.3, 0.4) is 0 Å². The molecule has 31 heavy (non-hydrogen) atoms. The van der Waals surface area contributed by atoms with Gasteiger partial charge in [-0.25, -0.2) is 8.42 Å². The molecule has 0 heterocycles. The van der Waals surface area contributed by atoms with Gasteiger partial charge in [0.1, 0.15) is 6.54 Å². The fourth-order valence-corrected chi connectivity index (χ4v) is 4.21. The van der Waals surface area contributed by atoms with Crippen molar-refractivity contribution >= 4 is 27.5 Å². The predicted molar refractivity (Wildman–Crippen MR) is 109 cm³/mol. The van der Waals surface area contributed by atoms with Gasteiger partial charge in [0.05, 0.1) is 16.1 Å². The Bertz CT molecular complexity index is 1030. The van der Waals surface area contributed by atoms with Gasteiger partial charge in [-0.3, -0.25) is 9.59 Å². The summed E-state index contributed by atoms with van der Waals surface area (Å²) in [6.45, 7) is 2.52. The lowest BCUT2D eigenvalue weighted by molar-refractivity contribution is -0.123. The zero-order valence-electron chi connectivity index (χ0n) is 16.9. The summed E-state index contributed by atoms with van der Waals surface area (Å²) in [6, 6.07) is 10.8. The first-order valence-electron chi connectivity index (χ1n) is 9.35. The van der Waals surface area contributed by atoms with Crippen molar-refractivity contribution in [2.24, 2.45) is 0 Å². The number of rotatable bonds is 8. The third kappa shape index (κ3) is 6.28. The van der Waals surface area contributed by atoms with Gasteiger partial charge in [0.25, 0.3) is 11.8 Å². The van der Waals surface area contributed by atoms with Gasteiger partial charge in [0.15, 0.2) is 0 Å². The zero-order chi connectivity index (χ0) is 23.2. The number of nitrogens with zero attached hydrogens (tertiary/aromatic N) is 1. The Labute approximate surface area is 178 Å². The quantitative estimate of drug-likeness (QED) is 0.636. The Hall–Kier alpha value is -2.92. The normalized spacial score (nSPS) is 11.9. The van der Waals surface area contributed by atoms with Gasteiger partial charge in [-0.2, -0.15) is 17.5 Å². The molecule has 2 aromatic rings. The number of carbonyl (C=O) groups is 2. The van der Waals surface area contributed by atoms with Crippen LogP contribution in [0, 0.1) is 0 Å². The second kappa shape index (κ2) is 9.92. The fraction of sp³-hybridized carbons (Fsp3) is 0.300. The van der Waals surface area contributed by atoms with Crippen LogP contribution < -0.4 is 10.6 Å². The number of amides is 2. The van der Waals surface area contributed by atoms with Crippen molar-refractivity contribution in [1.82, 2.24) is 9.62 Å². The lowest BCUT2D eigenvalue weighted by Gasteiger charge is -2.18. The Morgan fingerprint density at radius 3 is 2.06 bits per heavy atom. The van der Waals surface area contributed by atoms with E-state index in [0.717, 1.165) is 0 Å². The number of benzene rings is 2. The average Bonchev–Trinajstić information content (AvgIpc) is 2.72. The highest BCUT2D eigenvalue weighted by molar-refractivity contribution is 7.89. The van der Waals surface area contributed by atoms with Crippen LogP contribution >= 0.6 is 0 Å². The molecule has 168 valence electrons. The minimum absolute atomic E-state index is 0.0204. The topological polar surface area (TPSA) is 95.6 Å². The standard InChI is InChI=1S/C20H22F3N3O4S/c1-3-26(4-2)31(29,30)15-11-9-14(10-12-15)18(27)25-17-8-6-5-7-16(17)19(28)24-13-20(21,22)23/h5-12H,3-4,13H2,1-2H3,(H,24,28)(H,25,27). The van der Waals surface area contributed by atoms with E-state index in [-0.39, 0.29) is 21.7 Å². The summed E-state index contributed by atoms with van der Waals surface area (Å²) in [5.41, 5.74) is -0.00292. The molecule has 11 heteroatoms. The van der Waals surface area contributed by atoms with Crippen molar-refractivity contribution < 1.29 is 31.2 Å². The molecule has 0 radical (unpaired) electrons. The number of carbonyl (C=O) groups excluding carboxylic acids is 2. The summed E-state index contributed by atoms with van der Waals surface area (Å²) >= 11 is 0. The van der Waals surface area contributed by atoms with E-state index in [1.54, 1.807) is 19.2 Å². The molecule has 0 aromatic heterocycles. The van der Waals surface area contributed by atoms with Gasteiger partial charge in [-0.05, 0) is 36.4 Å². The van der Waals surface area contributed by atoms with Crippen LogP contribution in [0.5, 0.6) is 0 Å². The molecule has 2 N–H and O–H groups in total. The van der Waals surface area contributed by atoms with Crippen LogP contribution in [-0.4, -0.2) is 50.3 Å². The Balaban J connectivity index is 2.19. The smallest absolute Gasteiger partial charge is 0.343 e. The first-order valence-corrected chi connectivity index (χ1v) is 10.8. The number of sulfonamides is 1. The molecular weight excluding hydrogens is 435 g/mol. The van der Waals surface area contributed by atoms with E-state index in [4.69, 9.17) is 0 Å². The van der Waals surface area contributed by atoms with Gasteiger partial charge in [-0.1, -0.05) is 26.0 Å². The van der Waals surface area contributed by atoms with Crippen molar-refractivity contribution in [3.8, 4) is 0 Å². The Kier molecular flexibility index (Phi) is 7.80. The maximum atomic E-state index is 12.5. The molecule has 2 rings (SSSR count). The van der Waals surface area contributed by atoms with Crippen molar-refractivity contribution in [3.05, 3.63) is 59.7 Å². The molecule has 0 fully saturated rings. The van der Waals surface area contributed by atoms with Crippen LogP contribution in [0.15, 0.2) is 53.4 Å². The summed E-state index contributed by atoms with van der Waals surface area (Å²) in [4.78, 5) is 24.6. The fourth-order valence-electron chi connectivity index (χ4n) is 2.75. The number of para-hydroxylation sites is 1. The molecule has 0 atom stereocenters. The molecule has 0 spiro atoms. The van der Waals surface area contributed by atoms with E-state index >= 15 is 0 Å².